The third kappa shape index (κ3) is 5.17. The van der Waals surface area contributed by atoms with E-state index in [9.17, 15) is 9.59 Å². The Kier molecular flexibility index (Phi) is 6.24. The zero-order chi connectivity index (χ0) is 19.2. The maximum atomic E-state index is 12.3. The van der Waals surface area contributed by atoms with E-state index in [1.54, 1.807) is 30.3 Å². The van der Waals surface area contributed by atoms with Crippen LogP contribution in [0.1, 0.15) is 24.2 Å². The van der Waals surface area contributed by atoms with Crippen LogP contribution >= 0.6 is 11.8 Å². The van der Waals surface area contributed by atoms with E-state index < -0.39 is 0 Å². The van der Waals surface area contributed by atoms with Gasteiger partial charge in [-0.3, -0.25) is 4.79 Å². The summed E-state index contributed by atoms with van der Waals surface area (Å²) in [5, 5.41) is 2.82. The Bertz CT molecular complexity index is 837. The lowest BCUT2D eigenvalue weighted by Crippen LogP contribution is -2.15. The van der Waals surface area contributed by atoms with Gasteiger partial charge >= 0.3 is 5.97 Å². The maximum absolute atomic E-state index is 12.3. The van der Waals surface area contributed by atoms with Crippen LogP contribution in [0.3, 0.4) is 0 Å². The molecule has 3 rings (SSSR count). The zero-order valence-corrected chi connectivity index (χ0v) is 16.0. The molecule has 7 heteroatoms. The van der Waals surface area contributed by atoms with Crippen LogP contribution in [0.25, 0.3) is 0 Å². The van der Waals surface area contributed by atoms with Crippen LogP contribution in [0.5, 0.6) is 11.5 Å². The van der Waals surface area contributed by atoms with Crippen molar-refractivity contribution in [2.24, 2.45) is 5.92 Å². The molecular formula is C20H21NO5S. The number of nitrogens with one attached hydrogen (secondary N) is 1. The van der Waals surface area contributed by atoms with Gasteiger partial charge in [-0.25, -0.2) is 4.79 Å². The quantitative estimate of drug-likeness (QED) is 0.573. The lowest BCUT2D eigenvalue weighted by Gasteiger charge is -2.11. The van der Waals surface area contributed by atoms with Gasteiger partial charge in [0.15, 0.2) is 11.5 Å². The lowest BCUT2D eigenvalue weighted by atomic mass is 10.2. The van der Waals surface area contributed by atoms with Gasteiger partial charge in [-0.15, -0.1) is 11.8 Å². The smallest absolute Gasteiger partial charge is 0.339 e. The Morgan fingerprint density at radius 1 is 1.15 bits per heavy atom. The number of esters is 1. The Balaban J connectivity index is 1.58. The SMILES string of the molecule is CC(C)COC(=O)c1ccccc1SCC(=O)Nc1ccc2c(c1)OCO2. The van der Waals surface area contributed by atoms with E-state index in [1.807, 2.05) is 26.0 Å². The normalized spacial score (nSPS) is 12.1. The van der Waals surface area contributed by atoms with E-state index >= 15 is 0 Å². The summed E-state index contributed by atoms with van der Waals surface area (Å²) in [6, 6.07) is 12.4. The van der Waals surface area contributed by atoms with Crippen molar-refractivity contribution < 1.29 is 23.8 Å². The Labute approximate surface area is 162 Å². The third-order valence-electron chi connectivity index (χ3n) is 3.67. The highest BCUT2D eigenvalue weighted by atomic mass is 32.2. The number of carbonyl (C=O) groups is 2. The van der Waals surface area contributed by atoms with Gasteiger partial charge in [0.25, 0.3) is 0 Å². The van der Waals surface area contributed by atoms with Crippen LogP contribution in [0.2, 0.25) is 0 Å². The van der Waals surface area contributed by atoms with Gasteiger partial charge in [0, 0.05) is 16.6 Å². The Hall–Kier alpha value is -2.67. The van der Waals surface area contributed by atoms with E-state index in [1.165, 1.54) is 11.8 Å². The summed E-state index contributed by atoms with van der Waals surface area (Å²) in [4.78, 5) is 25.2. The predicted octanol–water partition coefficient (Wildman–Crippen LogP) is 3.96. The number of amides is 1. The molecule has 27 heavy (non-hydrogen) atoms. The van der Waals surface area contributed by atoms with Crippen LogP contribution in [0.15, 0.2) is 47.4 Å². The fourth-order valence-corrected chi connectivity index (χ4v) is 3.24. The second kappa shape index (κ2) is 8.81. The van der Waals surface area contributed by atoms with E-state index in [0.29, 0.717) is 34.3 Å². The molecule has 1 amide bonds. The molecule has 0 aromatic heterocycles. The minimum Gasteiger partial charge on any atom is -0.462 e. The Morgan fingerprint density at radius 3 is 2.74 bits per heavy atom. The van der Waals surface area contributed by atoms with Crippen LogP contribution in [-0.2, 0) is 9.53 Å². The summed E-state index contributed by atoms with van der Waals surface area (Å²) in [7, 11) is 0. The topological polar surface area (TPSA) is 73.9 Å². The molecule has 2 aromatic rings. The molecule has 0 spiro atoms. The maximum Gasteiger partial charge on any atom is 0.339 e. The predicted molar refractivity (Wildman–Crippen MR) is 103 cm³/mol. The van der Waals surface area contributed by atoms with Crippen molar-refractivity contribution in [3.05, 3.63) is 48.0 Å². The Morgan fingerprint density at radius 2 is 1.93 bits per heavy atom. The van der Waals surface area contributed by atoms with Gasteiger partial charge < -0.3 is 19.5 Å². The number of carbonyl (C=O) groups excluding carboxylic acids is 2. The van der Waals surface area contributed by atoms with Gasteiger partial charge in [0.2, 0.25) is 12.7 Å². The average Bonchev–Trinajstić information content (AvgIpc) is 3.12. The average molecular weight is 387 g/mol. The van der Waals surface area contributed by atoms with E-state index in [2.05, 4.69) is 5.32 Å². The van der Waals surface area contributed by atoms with Crippen LogP contribution in [0, 0.1) is 5.92 Å². The molecule has 6 nitrogen and oxygen atoms in total. The van der Waals surface area contributed by atoms with Crippen molar-refractivity contribution in [1.82, 2.24) is 0 Å². The van der Waals surface area contributed by atoms with Gasteiger partial charge in [0.1, 0.15) is 0 Å². The van der Waals surface area contributed by atoms with Crippen LogP contribution < -0.4 is 14.8 Å². The molecular weight excluding hydrogens is 366 g/mol. The van der Waals surface area contributed by atoms with Gasteiger partial charge in [-0.05, 0) is 30.2 Å². The molecule has 0 aliphatic carbocycles. The van der Waals surface area contributed by atoms with Crippen molar-refractivity contribution >= 4 is 29.3 Å². The first-order valence-corrected chi connectivity index (χ1v) is 9.60. The highest BCUT2D eigenvalue weighted by molar-refractivity contribution is 8.00. The summed E-state index contributed by atoms with van der Waals surface area (Å²) in [6.45, 7) is 4.51. The standard InChI is InChI=1S/C20H21NO5S/c1-13(2)10-24-20(23)15-5-3-4-6-18(15)27-11-19(22)21-14-7-8-16-17(9-14)26-12-25-16/h3-9,13H,10-12H2,1-2H3,(H,21,22). The van der Waals surface area contributed by atoms with Crippen LogP contribution in [0.4, 0.5) is 5.69 Å². The molecule has 1 aliphatic rings. The fraction of sp³-hybridized carbons (Fsp3) is 0.300. The number of rotatable bonds is 7. The molecule has 2 aromatic carbocycles. The monoisotopic (exact) mass is 387 g/mol. The van der Waals surface area contributed by atoms with Crippen molar-refractivity contribution in [2.75, 3.05) is 24.5 Å². The molecule has 0 atom stereocenters. The highest BCUT2D eigenvalue weighted by Gasteiger charge is 2.16. The number of hydrogen-bond acceptors (Lipinski definition) is 6. The molecule has 0 saturated heterocycles. The molecule has 1 aliphatic heterocycles. The summed E-state index contributed by atoms with van der Waals surface area (Å²) in [6.07, 6.45) is 0. The number of hydrogen-bond donors (Lipinski definition) is 1. The largest absolute Gasteiger partial charge is 0.462 e. The summed E-state index contributed by atoms with van der Waals surface area (Å²) >= 11 is 1.29. The summed E-state index contributed by atoms with van der Waals surface area (Å²) < 4.78 is 15.8. The molecule has 142 valence electrons. The fourth-order valence-electron chi connectivity index (χ4n) is 2.40. The molecule has 1 N–H and O–H groups in total. The van der Waals surface area contributed by atoms with E-state index in [4.69, 9.17) is 14.2 Å². The third-order valence-corrected chi connectivity index (χ3v) is 4.74. The minimum absolute atomic E-state index is 0.170. The molecule has 0 saturated carbocycles. The first-order chi connectivity index (χ1) is 13.0. The molecule has 0 fully saturated rings. The highest BCUT2D eigenvalue weighted by Crippen LogP contribution is 2.34. The molecule has 0 radical (unpaired) electrons. The van der Waals surface area contributed by atoms with Crippen molar-refractivity contribution in [1.29, 1.82) is 0 Å². The van der Waals surface area contributed by atoms with Crippen LogP contribution in [-0.4, -0.2) is 31.0 Å². The van der Waals surface area contributed by atoms with E-state index in [0.717, 1.165) is 0 Å². The van der Waals surface area contributed by atoms with Crippen molar-refractivity contribution in [3.8, 4) is 11.5 Å². The number of thioether (sulfide) groups is 1. The lowest BCUT2D eigenvalue weighted by molar-refractivity contribution is -0.113. The van der Waals surface area contributed by atoms with Gasteiger partial charge in [0.05, 0.1) is 17.9 Å². The molecule has 0 bridgehead atoms. The molecule has 1 heterocycles. The van der Waals surface area contributed by atoms with Crippen molar-refractivity contribution in [3.63, 3.8) is 0 Å². The second-order valence-corrected chi connectivity index (χ2v) is 7.41. The van der Waals surface area contributed by atoms with E-state index in [-0.39, 0.29) is 30.3 Å². The number of anilines is 1. The number of benzene rings is 2. The minimum atomic E-state index is -0.372. The van der Waals surface area contributed by atoms with Crippen molar-refractivity contribution in [2.45, 2.75) is 18.7 Å². The number of fused-ring (bicyclic) bond motifs is 1. The first kappa shape index (κ1) is 19.1. The summed E-state index contributed by atoms with van der Waals surface area (Å²) in [5.74, 6) is 1.16. The molecule has 0 unspecified atom stereocenters. The number of ether oxygens (including phenoxy) is 3. The first-order valence-electron chi connectivity index (χ1n) is 8.61. The van der Waals surface area contributed by atoms with Gasteiger partial charge in [-0.1, -0.05) is 26.0 Å². The second-order valence-electron chi connectivity index (χ2n) is 6.39. The van der Waals surface area contributed by atoms with Gasteiger partial charge in [-0.2, -0.15) is 0 Å². The zero-order valence-electron chi connectivity index (χ0n) is 15.2. The summed E-state index contributed by atoms with van der Waals surface area (Å²) in [5.41, 5.74) is 1.11.